The number of nitrogens with one attached hydrogen (secondary N) is 1. The molecule has 10 heteroatoms. The minimum absolute atomic E-state index is 0.113. The highest BCUT2D eigenvalue weighted by molar-refractivity contribution is 8.00. The number of likely N-dealkylation sites (N-methyl/N-ethyl adjacent to an activating group) is 1. The first-order valence-electron chi connectivity index (χ1n) is 14.3. The van der Waals surface area contributed by atoms with Crippen LogP contribution >= 0.6 is 11.8 Å². The zero-order chi connectivity index (χ0) is 30.1. The molecule has 0 saturated carbocycles. The Morgan fingerprint density at radius 3 is 2.60 bits per heavy atom. The van der Waals surface area contributed by atoms with E-state index in [-0.39, 0.29) is 36.2 Å². The number of nitrogens with zero attached hydrogens (tertiary/aromatic N) is 4. The van der Waals surface area contributed by atoms with E-state index in [9.17, 15) is 9.59 Å². The summed E-state index contributed by atoms with van der Waals surface area (Å²) < 4.78 is 13.2. The summed E-state index contributed by atoms with van der Waals surface area (Å²) in [5.41, 5.74) is 6.54. The highest BCUT2D eigenvalue weighted by Crippen LogP contribution is 2.50. The van der Waals surface area contributed by atoms with Crippen molar-refractivity contribution in [1.82, 2.24) is 20.0 Å². The van der Waals surface area contributed by atoms with Crippen LogP contribution in [0.15, 0.2) is 66.7 Å². The smallest absolute Gasteiger partial charge is 0.240 e. The van der Waals surface area contributed by atoms with Gasteiger partial charge in [0.25, 0.3) is 0 Å². The third-order valence-corrected chi connectivity index (χ3v) is 8.85. The summed E-state index contributed by atoms with van der Waals surface area (Å²) in [6.45, 7) is 5.34. The molecule has 3 aromatic carbocycles. The Labute approximate surface area is 255 Å². The molecule has 43 heavy (non-hydrogen) atoms. The van der Waals surface area contributed by atoms with Crippen molar-refractivity contribution in [3.63, 3.8) is 0 Å². The number of anilines is 1. The van der Waals surface area contributed by atoms with E-state index in [1.807, 2.05) is 91.3 Å². The van der Waals surface area contributed by atoms with Crippen LogP contribution in [0.25, 0.3) is 16.9 Å². The molecule has 2 aliphatic heterocycles. The van der Waals surface area contributed by atoms with E-state index >= 15 is 0 Å². The van der Waals surface area contributed by atoms with Crippen LogP contribution in [0.2, 0.25) is 0 Å². The SMILES string of the molecule is Cc1ccc(-n2nc(-c3ccccc3)c3c2N(CC(=O)NCCN(C)C)C(=O)CSC3c2ccc3c(c2)OCO3)c(C)c1. The first kappa shape index (κ1) is 28.8. The molecular formula is C33H35N5O4S. The molecule has 6 rings (SSSR count). The van der Waals surface area contributed by atoms with Gasteiger partial charge in [-0.1, -0.05) is 54.1 Å². The molecular weight excluding hydrogens is 562 g/mol. The maximum absolute atomic E-state index is 14.0. The lowest BCUT2D eigenvalue weighted by molar-refractivity contribution is -0.122. The number of carbonyl (C=O) groups excluding carboxylic acids is 2. The molecule has 1 unspecified atom stereocenters. The molecule has 2 amide bonds. The lowest BCUT2D eigenvalue weighted by atomic mass is 9.99. The summed E-state index contributed by atoms with van der Waals surface area (Å²) in [5.74, 6) is 1.80. The van der Waals surface area contributed by atoms with Gasteiger partial charge >= 0.3 is 0 Å². The number of amides is 2. The van der Waals surface area contributed by atoms with Gasteiger partial charge in [0.1, 0.15) is 12.4 Å². The molecule has 222 valence electrons. The predicted octanol–water partition coefficient (Wildman–Crippen LogP) is 4.73. The van der Waals surface area contributed by atoms with Crippen molar-refractivity contribution in [2.24, 2.45) is 0 Å². The third-order valence-electron chi connectivity index (χ3n) is 7.60. The van der Waals surface area contributed by atoms with E-state index in [1.54, 1.807) is 4.90 Å². The van der Waals surface area contributed by atoms with Gasteiger partial charge in [-0.05, 0) is 57.3 Å². The van der Waals surface area contributed by atoms with E-state index in [2.05, 4.69) is 18.3 Å². The van der Waals surface area contributed by atoms with E-state index in [1.165, 1.54) is 11.8 Å². The zero-order valence-electron chi connectivity index (χ0n) is 24.8. The highest BCUT2D eigenvalue weighted by atomic mass is 32.2. The first-order valence-corrected chi connectivity index (χ1v) is 15.3. The maximum Gasteiger partial charge on any atom is 0.240 e. The van der Waals surface area contributed by atoms with Crippen molar-refractivity contribution < 1.29 is 19.1 Å². The normalized spacial score (nSPS) is 15.9. The molecule has 3 heterocycles. The monoisotopic (exact) mass is 597 g/mol. The molecule has 1 atom stereocenters. The van der Waals surface area contributed by atoms with Crippen LogP contribution in [0.1, 0.15) is 27.5 Å². The van der Waals surface area contributed by atoms with Crippen LogP contribution < -0.4 is 19.7 Å². The Bertz CT molecular complexity index is 1670. The first-order chi connectivity index (χ1) is 20.8. The van der Waals surface area contributed by atoms with Crippen molar-refractivity contribution in [3.8, 4) is 28.4 Å². The van der Waals surface area contributed by atoms with Crippen LogP contribution in [0.5, 0.6) is 11.5 Å². The number of ether oxygens (including phenoxy) is 2. The number of thioether (sulfide) groups is 1. The van der Waals surface area contributed by atoms with Crippen LogP contribution in [0.4, 0.5) is 5.82 Å². The Morgan fingerprint density at radius 1 is 1.05 bits per heavy atom. The summed E-state index contributed by atoms with van der Waals surface area (Å²) in [7, 11) is 3.91. The minimum atomic E-state index is -0.259. The van der Waals surface area contributed by atoms with Gasteiger partial charge in [-0.2, -0.15) is 5.10 Å². The predicted molar refractivity (Wildman–Crippen MR) is 169 cm³/mol. The lowest BCUT2D eigenvalue weighted by Gasteiger charge is -2.24. The number of fused-ring (bicyclic) bond motifs is 2. The maximum atomic E-state index is 14.0. The van der Waals surface area contributed by atoms with Crippen molar-refractivity contribution >= 4 is 29.4 Å². The van der Waals surface area contributed by atoms with Crippen molar-refractivity contribution in [3.05, 3.63) is 89.0 Å². The molecule has 0 spiro atoms. The van der Waals surface area contributed by atoms with Crippen LogP contribution in [-0.4, -0.2) is 72.8 Å². The number of hydrogen-bond donors (Lipinski definition) is 1. The van der Waals surface area contributed by atoms with Gasteiger partial charge in [0, 0.05) is 24.2 Å². The minimum Gasteiger partial charge on any atom is -0.454 e. The Kier molecular flexibility index (Phi) is 8.14. The van der Waals surface area contributed by atoms with Gasteiger partial charge in [0.2, 0.25) is 18.6 Å². The second kappa shape index (κ2) is 12.1. The number of aryl methyl sites for hydroxylation is 2. The fraction of sp³-hybridized carbons (Fsp3) is 0.303. The fourth-order valence-corrected chi connectivity index (χ4v) is 6.69. The van der Waals surface area contributed by atoms with Crippen molar-refractivity contribution in [1.29, 1.82) is 0 Å². The Morgan fingerprint density at radius 2 is 1.84 bits per heavy atom. The fourth-order valence-electron chi connectivity index (χ4n) is 5.50. The molecule has 0 bridgehead atoms. The second-order valence-corrected chi connectivity index (χ2v) is 12.2. The highest BCUT2D eigenvalue weighted by Gasteiger charge is 2.38. The summed E-state index contributed by atoms with van der Waals surface area (Å²) in [6.07, 6.45) is 0. The van der Waals surface area contributed by atoms with Gasteiger partial charge in [0.05, 0.1) is 22.4 Å². The van der Waals surface area contributed by atoms with Crippen LogP contribution in [-0.2, 0) is 9.59 Å². The third kappa shape index (κ3) is 5.85. The zero-order valence-corrected chi connectivity index (χ0v) is 25.6. The molecule has 1 N–H and O–H groups in total. The standard InChI is InChI=1S/C33H35N5O4S/c1-21-10-12-25(22(2)16-21)38-33-30(31(35-38)23-8-6-5-7-9-23)32(24-11-13-26-27(17-24)42-20-41-26)43-19-29(40)37(33)18-28(39)34-14-15-36(3)4/h5-13,16-17,32H,14-15,18-20H2,1-4H3,(H,34,39). The van der Waals surface area contributed by atoms with E-state index in [0.717, 1.165) is 39.2 Å². The molecule has 0 aliphatic carbocycles. The topological polar surface area (TPSA) is 88.9 Å². The molecule has 0 fully saturated rings. The largest absolute Gasteiger partial charge is 0.454 e. The van der Waals surface area contributed by atoms with Gasteiger partial charge in [-0.15, -0.1) is 11.8 Å². The van der Waals surface area contributed by atoms with Crippen molar-refractivity contribution in [2.45, 2.75) is 19.1 Å². The van der Waals surface area contributed by atoms with Gasteiger partial charge < -0.3 is 19.7 Å². The van der Waals surface area contributed by atoms with E-state index in [0.29, 0.717) is 30.4 Å². The molecule has 9 nitrogen and oxygen atoms in total. The molecule has 1 aromatic heterocycles. The summed E-state index contributed by atoms with van der Waals surface area (Å²) in [5, 5.41) is 7.93. The average Bonchev–Trinajstić information content (AvgIpc) is 3.58. The van der Waals surface area contributed by atoms with Crippen LogP contribution in [0.3, 0.4) is 0 Å². The molecule has 2 aliphatic rings. The molecule has 0 saturated heterocycles. The second-order valence-electron chi connectivity index (χ2n) is 11.1. The number of rotatable bonds is 8. The summed E-state index contributed by atoms with van der Waals surface area (Å²) in [4.78, 5) is 30.9. The molecule has 4 aromatic rings. The number of benzene rings is 3. The van der Waals surface area contributed by atoms with E-state index in [4.69, 9.17) is 14.6 Å². The van der Waals surface area contributed by atoms with Gasteiger partial charge in [0.15, 0.2) is 11.5 Å². The Hall–Kier alpha value is -4.28. The summed E-state index contributed by atoms with van der Waals surface area (Å²) in [6, 6.07) is 22.1. The van der Waals surface area contributed by atoms with Gasteiger partial charge in [-0.3, -0.25) is 14.5 Å². The Balaban J connectivity index is 1.56. The van der Waals surface area contributed by atoms with E-state index < -0.39 is 0 Å². The summed E-state index contributed by atoms with van der Waals surface area (Å²) >= 11 is 1.53. The quantitative estimate of drug-likeness (QED) is 0.314. The van der Waals surface area contributed by atoms with Crippen LogP contribution in [0, 0.1) is 13.8 Å². The lowest BCUT2D eigenvalue weighted by Crippen LogP contribution is -2.43. The number of aromatic nitrogens is 2. The van der Waals surface area contributed by atoms with Gasteiger partial charge in [-0.25, -0.2) is 4.68 Å². The van der Waals surface area contributed by atoms with Crippen molar-refractivity contribution in [2.75, 3.05) is 51.2 Å². The molecule has 0 radical (unpaired) electrons. The average molecular weight is 598 g/mol. The number of carbonyl (C=O) groups is 2. The number of hydrogen-bond acceptors (Lipinski definition) is 7.